The number of halogens is 2. The van der Waals surface area contributed by atoms with Crippen LogP contribution >= 0.6 is 27.5 Å². The average molecular weight is 326 g/mol. The third-order valence-corrected chi connectivity index (χ3v) is 3.50. The Morgan fingerprint density at radius 2 is 2.17 bits per heavy atom. The number of aryl methyl sites for hydroxylation is 1. The van der Waals surface area contributed by atoms with E-state index in [-0.39, 0.29) is 5.91 Å². The lowest BCUT2D eigenvalue weighted by Crippen LogP contribution is -2.12. The quantitative estimate of drug-likeness (QED) is 0.905. The predicted molar refractivity (Wildman–Crippen MR) is 76.1 cm³/mol. The monoisotopic (exact) mass is 324 g/mol. The van der Waals surface area contributed by atoms with Crippen molar-refractivity contribution >= 4 is 39.1 Å². The van der Waals surface area contributed by atoms with Crippen LogP contribution in [0.25, 0.3) is 0 Å². The molecule has 1 amide bonds. The molecule has 0 spiro atoms. The van der Waals surface area contributed by atoms with Crippen LogP contribution in [0.15, 0.2) is 41.1 Å². The van der Waals surface area contributed by atoms with Crippen LogP contribution in [0.3, 0.4) is 0 Å². The Labute approximate surface area is 118 Å². The van der Waals surface area contributed by atoms with Gasteiger partial charge < -0.3 is 5.32 Å². The van der Waals surface area contributed by atoms with Crippen LogP contribution in [0.4, 0.5) is 5.69 Å². The van der Waals surface area contributed by atoms with Gasteiger partial charge in [0.1, 0.15) is 0 Å². The Hall–Kier alpha value is -1.39. The molecule has 1 aromatic carbocycles. The summed E-state index contributed by atoms with van der Waals surface area (Å²) < 4.78 is 0.740. The highest BCUT2D eigenvalue weighted by Gasteiger charge is 2.09. The van der Waals surface area contributed by atoms with Gasteiger partial charge in [-0.1, -0.05) is 11.6 Å². The van der Waals surface area contributed by atoms with Crippen molar-refractivity contribution in [3.63, 3.8) is 0 Å². The third kappa shape index (κ3) is 2.89. The van der Waals surface area contributed by atoms with Gasteiger partial charge in [0.2, 0.25) is 0 Å². The summed E-state index contributed by atoms with van der Waals surface area (Å²) in [6.07, 6.45) is 3.25. The van der Waals surface area contributed by atoms with Crippen LogP contribution in [0, 0.1) is 6.92 Å². The van der Waals surface area contributed by atoms with Crippen LogP contribution in [0.1, 0.15) is 15.9 Å². The lowest BCUT2D eigenvalue weighted by molar-refractivity contribution is 0.102. The van der Waals surface area contributed by atoms with E-state index in [1.807, 2.05) is 6.92 Å². The van der Waals surface area contributed by atoms with E-state index in [4.69, 9.17) is 11.6 Å². The molecule has 0 bridgehead atoms. The second-order valence-corrected chi connectivity index (χ2v) is 5.04. The summed E-state index contributed by atoms with van der Waals surface area (Å²) in [5, 5.41) is 3.45. The highest BCUT2D eigenvalue weighted by Crippen LogP contribution is 2.22. The van der Waals surface area contributed by atoms with Gasteiger partial charge in [0.15, 0.2) is 0 Å². The predicted octanol–water partition coefficient (Wildman–Crippen LogP) is 4.06. The van der Waals surface area contributed by atoms with Gasteiger partial charge in [-0.3, -0.25) is 9.78 Å². The van der Waals surface area contributed by atoms with Crippen LogP contribution in [-0.4, -0.2) is 10.9 Å². The molecule has 1 N–H and O–H groups in total. The Balaban J connectivity index is 2.22. The van der Waals surface area contributed by atoms with E-state index in [0.29, 0.717) is 16.3 Å². The number of rotatable bonds is 2. The zero-order valence-electron chi connectivity index (χ0n) is 9.58. The standard InChI is InChI=1S/C13H10BrClN2O/c1-8-6-9(2-3-11(8)15)13(18)17-12-4-5-16-7-10(12)14/h2-7H,1H3,(H,16,17,18). The normalized spacial score (nSPS) is 10.2. The number of benzene rings is 1. The highest BCUT2D eigenvalue weighted by molar-refractivity contribution is 9.10. The molecule has 0 unspecified atom stereocenters. The molecular weight excluding hydrogens is 316 g/mol. The molecule has 0 aliphatic carbocycles. The van der Waals surface area contributed by atoms with Gasteiger partial charge in [0, 0.05) is 23.0 Å². The minimum absolute atomic E-state index is 0.179. The fourth-order valence-electron chi connectivity index (χ4n) is 1.46. The maximum absolute atomic E-state index is 12.0. The average Bonchev–Trinajstić information content (AvgIpc) is 2.35. The summed E-state index contributed by atoms with van der Waals surface area (Å²) in [5.74, 6) is -0.179. The second kappa shape index (κ2) is 5.50. The number of carbonyl (C=O) groups excluding carboxylic acids is 1. The number of nitrogens with one attached hydrogen (secondary N) is 1. The van der Waals surface area contributed by atoms with Gasteiger partial charge in [-0.25, -0.2) is 0 Å². The second-order valence-electron chi connectivity index (χ2n) is 3.77. The van der Waals surface area contributed by atoms with Crippen molar-refractivity contribution in [3.05, 3.63) is 57.3 Å². The van der Waals surface area contributed by atoms with E-state index < -0.39 is 0 Å². The molecule has 0 aliphatic heterocycles. The summed E-state index contributed by atoms with van der Waals surface area (Å²) in [7, 11) is 0. The molecule has 1 aromatic heterocycles. The molecule has 2 rings (SSSR count). The van der Waals surface area contributed by atoms with E-state index in [9.17, 15) is 4.79 Å². The SMILES string of the molecule is Cc1cc(C(=O)Nc2ccncc2Br)ccc1Cl. The Kier molecular flexibility index (Phi) is 3.99. The number of pyridine rings is 1. The molecule has 1 heterocycles. The molecule has 18 heavy (non-hydrogen) atoms. The van der Waals surface area contributed by atoms with Gasteiger partial charge in [0.25, 0.3) is 5.91 Å². The molecule has 5 heteroatoms. The number of anilines is 1. The zero-order chi connectivity index (χ0) is 13.1. The summed E-state index contributed by atoms with van der Waals surface area (Å²) in [5.41, 5.74) is 2.13. The van der Waals surface area contributed by atoms with Gasteiger partial charge in [-0.05, 0) is 52.7 Å². The number of carbonyl (C=O) groups is 1. The Morgan fingerprint density at radius 3 is 2.83 bits per heavy atom. The van der Waals surface area contributed by atoms with Crippen LogP contribution < -0.4 is 5.32 Å². The highest BCUT2D eigenvalue weighted by atomic mass is 79.9. The Morgan fingerprint density at radius 1 is 1.39 bits per heavy atom. The Bertz CT molecular complexity index is 601. The van der Waals surface area contributed by atoms with Crippen molar-refractivity contribution in [1.29, 1.82) is 0 Å². The summed E-state index contributed by atoms with van der Waals surface area (Å²) >= 11 is 9.25. The van der Waals surface area contributed by atoms with Crippen molar-refractivity contribution < 1.29 is 4.79 Å². The fourth-order valence-corrected chi connectivity index (χ4v) is 1.92. The van der Waals surface area contributed by atoms with Crippen LogP contribution in [0.2, 0.25) is 5.02 Å². The van der Waals surface area contributed by atoms with Crippen LogP contribution in [0.5, 0.6) is 0 Å². The fraction of sp³-hybridized carbons (Fsp3) is 0.0769. The van der Waals surface area contributed by atoms with Crippen molar-refractivity contribution in [2.45, 2.75) is 6.92 Å². The number of aromatic nitrogens is 1. The molecule has 0 radical (unpaired) electrons. The maximum atomic E-state index is 12.0. The largest absolute Gasteiger partial charge is 0.321 e. The van der Waals surface area contributed by atoms with E-state index >= 15 is 0 Å². The molecule has 0 aliphatic rings. The molecule has 3 nitrogen and oxygen atoms in total. The molecule has 0 saturated carbocycles. The molecule has 0 fully saturated rings. The molecule has 92 valence electrons. The molecule has 0 saturated heterocycles. The van der Waals surface area contributed by atoms with Crippen LogP contribution in [-0.2, 0) is 0 Å². The lowest BCUT2D eigenvalue weighted by Gasteiger charge is -2.07. The first-order valence-corrected chi connectivity index (χ1v) is 6.42. The maximum Gasteiger partial charge on any atom is 0.255 e. The van der Waals surface area contributed by atoms with E-state index in [1.54, 1.807) is 36.7 Å². The van der Waals surface area contributed by atoms with E-state index in [0.717, 1.165) is 10.0 Å². The summed E-state index contributed by atoms with van der Waals surface area (Å²) in [4.78, 5) is 16.0. The minimum Gasteiger partial charge on any atom is -0.321 e. The van der Waals surface area contributed by atoms with Gasteiger partial charge >= 0.3 is 0 Å². The van der Waals surface area contributed by atoms with Crippen molar-refractivity contribution in [2.24, 2.45) is 0 Å². The zero-order valence-corrected chi connectivity index (χ0v) is 11.9. The van der Waals surface area contributed by atoms with E-state index in [2.05, 4.69) is 26.2 Å². The molecule has 0 atom stereocenters. The summed E-state index contributed by atoms with van der Waals surface area (Å²) in [6, 6.07) is 6.89. The molecule has 2 aromatic rings. The third-order valence-electron chi connectivity index (χ3n) is 2.44. The number of hydrogen-bond acceptors (Lipinski definition) is 2. The number of hydrogen-bond donors (Lipinski definition) is 1. The van der Waals surface area contributed by atoms with Crippen molar-refractivity contribution in [2.75, 3.05) is 5.32 Å². The smallest absolute Gasteiger partial charge is 0.255 e. The van der Waals surface area contributed by atoms with Gasteiger partial charge in [-0.15, -0.1) is 0 Å². The summed E-state index contributed by atoms with van der Waals surface area (Å²) in [6.45, 7) is 1.86. The van der Waals surface area contributed by atoms with Crippen molar-refractivity contribution in [1.82, 2.24) is 4.98 Å². The first kappa shape index (κ1) is 13.1. The number of amides is 1. The minimum atomic E-state index is -0.179. The lowest BCUT2D eigenvalue weighted by atomic mass is 10.1. The van der Waals surface area contributed by atoms with Gasteiger partial charge in [-0.2, -0.15) is 0 Å². The number of nitrogens with zero attached hydrogens (tertiary/aromatic N) is 1. The van der Waals surface area contributed by atoms with E-state index in [1.165, 1.54) is 0 Å². The first-order valence-electron chi connectivity index (χ1n) is 5.25. The first-order chi connectivity index (χ1) is 8.58. The van der Waals surface area contributed by atoms with Crippen molar-refractivity contribution in [3.8, 4) is 0 Å². The van der Waals surface area contributed by atoms with Gasteiger partial charge in [0.05, 0.1) is 10.2 Å². The molecular formula is C13H10BrClN2O. The topological polar surface area (TPSA) is 42.0 Å².